The monoisotopic (exact) mass is 576 g/mol. The molecule has 1 aliphatic carbocycles. The van der Waals surface area contributed by atoms with E-state index >= 15 is 0 Å². The van der Waals surface area contributed by atoms with Crippen molar-refractivity contribution in [3.63, 3.8) is 0 Å². The second kappa shape index (κ2) is 15.6. The number of hydrogen-bond donors (Lipinski definition) is 1. The molecule has 1 amide bonds. The van der Waals surface area contributed by atoms with Crippen molar-refractivity contribution >= 4 is 28.5 Å². The first-order chi connectivity index (χ1) is 19.6. The Morgan fingerprint density at radius 1 is 1.19 bits per heavy atom. The number of ether oxygens (including phenoxy) is 1. The molecule has 2 aromatic carbocycles. The normalized spacial score (nSPS) is 14.2. The third-order valence-electron chi connectivity index (χ3n) is 6.77. The maximum atomic E-state index is 12.6. The van der Waals surface area contributed by atoms with Crippen LogP contribution >= 0.6 is 0 Å². The van der Waals surface area contributed by atoms with Crippen molar-refractivity contribution < 1.29 is 53.5 Å². The van der Waals surface area contributed by atoms with E-state index in [1.165, 1.54) is 6.42 Å². The van der Waals surface area contributed by atoms with Crippen molar-refractivity contribution in [1.29, 1.82) is 0 Å². The minimum atomic E-state index is -1.02. The minimum absolute atomic E-state index is 0. The number of benzene rings is 2. The van der Waals surface area contributed by atoms with E-state index in [0.717, 1.165) is 33.0 Å². The molecule has 3 aromatic rings. The smallest absolute Gasteiger partial charge is 0.549 e. The van der Waals surface area contributed by atoms with Gasteiger partial charge in [-0.3, -0.25) is 5.32 Å². The largest absolute Gasteiger partial charge is 1.00 e. The number of allylic oxidation sites excluding steroid dienone is 3. The van der Waals surface area contributed by atoms with Crippen LogP contribution in [-0.4, -0.2) is 23.3 Å². The maximum Gasteiger partial charge on any atom is 1.00 e. The Kier molecular flexibility index (Phi) is 12.9. The predicted molar refractivity (Wildman–Crippen MR) is 160 cm³/mol. The first-order valence-corrected chi connectivity index (χ1v) is 13.8. The molecule has 1 heterocycles. The Balaban J connectivity index is 0.00000148. The molecule has 0 bridgehead atoms. The number of anilines is 1. The van der Waals surface area contributed by atoms with Crippen LogP contribution in [0.5, 0.6) is 0 Å². The van der Waals surface area contributed by atoms with Crippen molar-refractivity contribution in [3.05, 3.63) is 94.9 Å². The third kappa shape index (κ3) is 8.25. The Morgan fingerprint density at radius 3 is 2.43 bits per heavy atom. The Morgan fingerprint density at radius 2 is 1.83 bits per heavy atom. The van der Waals surface area contributed by atoms with Crippen molar-refractivity contribution in [2.45, 2.75) is 72.3 Å². The molecular formula is C34H37N2NaO5. The molecule has 214 valence electrons. The van der Waals surface area contributed by atoms with E-state index < -0.39 is 23.6 Å². The van der Waals surface area contributed by atoms with Crippen LogP contribution in [-0.2, 0) is 14.9 Å². The third-order valence-corrected chi connectivity index (χ3v) is 6.77. The fourth-order valence-corrected chi connectivity index (χ4v) is 4.33. The number of aryl methyl sites for hydroxylation is 1. The molecule has 42 heavy (non-hydrogen) atoms. The zero-order valence-electron chi connectivity index (χ0n) is 25.6. The van der Waals surface area contributed by atoms with Gasteiger partial charge in [0.05, 0.1) is 5.97 Å². The fourth-order valence-electron chi connectivity index (χ4n) is 4.33. The zero-order valence-corrected chi connectivity index (χ0v) is 27.6. The van der Waals surface area contributed by atoms with Crippen molar-refractivity contribution in [2.24, 2.45) is 0 Å². The van der Waals surface area contributed by atoms with Crippen LogP contribution in [0.2, 0.25) is 0 Å². The molecule has 1 aromatic heterocycles. The molecule has 7 nitrogen and oxygen atoms in total. The summed E-state index contributed by atoms with van der Waals surface area (Å²) in [6.45, 7) is 15.3. The first kappa shape index (κ1) is 34.6. The van der Waals surface area contributed by atoms with Crippen LogP contribution in [0.25, 0.3) is 10.8 Å². The quantitative estimate of drug-likeness (QED) is 0.261. The molecule has 4 rings (SSSR count). The van der Waals surface area contributed by atoms with Gasteiger partial charge >= 0.3 is 35.7 Å². The molecule has 1 fully saturated rings. The van der Waals surface area contributed by atoms with Crippen LogP contribution < -0.4 is 40.0 Å². The number of carboxylic acid groups (broad SMARTS) is 1. The number of carbonyl (C=O) groups is 2. The molecule has 1 saturated carbocycles. The number of carboxylic acids is 1. The SMILES string of the molecule is C=C/C(C)=C(\C=C/C)[C@@H](C)OC(=O)Nc1c(C)noc1C#Cc1ccc2cc(C3(C(=O)[O-])CC3)ccc2c1.CCC.[Na+]. The van der Waals surface area contributed by atoms with Crippen LogP contribution in [0.4, 0.5) is 10.5 Å². The number of amides is 1. The molecule has 0 aliphatic heterocycles. The maximum absolute atomic E-state index is 12.6. The molecule has 0 saturated heterocycles. The Labute approximate surface area is 270 Å². The molecule has 0 radical (unpaired) electrons. The molecule has 0 unspecified atom stereocenters. The fraction of sp³-hybridized carbons (Fsp3) is 0.324. The number of carbonyl (C=O) groups excluding carboxylic acids is 2. The second-order valence-electron chi connectivity index (χ2n) is 10.1. The van der Waals surface area contributed by atoms with Crippen LogP contribution in [0.1, 0.15) is 76.5 Å². The van der Waals surface area contributed by atoms with Gasteiger partial charge in [-0.25, -0.2) is 4.79 Å². The number of fused-ring (bicyclic) bond motifs is 1. The van der Waals surface area contributed by atoms with E-state index in [4.69, 9.17) is 9.26 Å². The average Bonchev–Trinajstić information content (AvgIpc) is 3.70. The average molecular weight is 577 g/mol. The molecule has 1 atom stereocenters. The first-order valence-electron chi connectivity index (χ1n) is 13.8. The predicted octanol–water partition coefficient (Wildman–Crippen LogP) is 3.75. The number of rotatable bonds is 7. The van der Waals surface area contributed by atoms with Crippen LogP contribution in [0, 0.1) is 18.8 Å². The van der Waals surface area contributed by atoms with Gasteiger partial charge in [-0.1, -0.05) is 80.4 Å². The van der Waals surface area contributed by atoms with Crippen LogP contribution in [0.15, 0.2) is 76.9 Å². The Hall–Kier alpha value is -3.57. The summed E-state index contributed by atoms with van der Waals surface area (Å²) in [6, 6.07) is 11.3. The van der Waals surface area contributed by atoms with E-state index in [9.17, 15) is 14.7 Å². The van der Waals surface area contributed by atoms with Gasteiger partial charge in [0.25, 0.3) is 0 Å². The summed E-state index contributed by atoms with van der Waals surface area (Å²) in [5.41, 5.74) is 3.21. The number of nitrogens with zero attached hydrogens (tertiary/aromatic N) is 1. The number of aromatic nitrogens is 1. The van der Waals surface area contributed by atoms with Gasteiger partial charge in [-0.2, -0.15) is 0 Å². The summed E-state index contributed by atoms with van der Waals surface area (Å²) in [6.07, 6.45) is 6.77. The van der Waals surface area contributed by atoms with E-state index in [1.54, 1.807) is 19.9 Å². The molecular weight excluding hydrogens is 539 g/mol. The van der Waals surface area contributed by atoms with Gasteiger partial charge in [0.2, 0.25) is 5.76 Å². The zero-order chi connectivity index (χ0) is 30.2. The number of aliphatic carboxylic acids is 1. The van der Waals surface area contributed by atoms with Gasteiger partial charge in [0, 0.05) is 11.0 Å². The van der Waals surface area contributed by atoms with Gasteiger partial charge in [0.1, 0.15) is 17.5 Å². The summed E-state index contributed by atoms with van der Waals surface area (Å²) in [5.74, 6) is 5.17. The van der Waals surface area contributed by atoms with E-state index in [-0.39, 0.29) is 35.3 Å². The summed E-state index contributed by atoms with van der Waals surface area (Å²) in [5, 5.41) is 20.0. The summed E-state index contributed by atoms with van der Waals surface area (Å²) in [4.78, 5) is 24.2. The van der Waals surface area contributed by atoms with Crippen LogP contribution in [0.3, 0.4) is 0 Å². The topological polar surface area (TPSA) is 104 Å². The second-order valence-corrected chi connectivity index (χ2v) is 10.1. The standard InChI is InChI=1S/C31H30N2O5.C3H8.Na/c1-6-8-26(19(3)7-2)21(5)37-30(36)32-28-20(4)33-38-27(28)14-10-22-9-11-24-18-25(13-12-23(24)17-22)31(15-16-31)29(34)35;1-3-2;/h6-9,11-13,17-18,21H,2,15-16H2,1,3-5H3,(H,32,36)(H,34,35);3H2,1-2H3;/q;;+1/p-1/b8-6-,26-19+;;/t21-;;/m1../s1. The molecule has 8 heteroatoms. The van der Waals surface area contributed by atoms with E-state index in [1.807, 2.05) is 62.4 Å². The van der Waals surface area contributed by atoms with E-state index in [2.05, 4.69) is 42.7 Å². The minimum Gasteiger partial charge on any atom is -0.549 e. The molecule has 0 spiro atoms. The summed E-state index contributed by atoms with van der Waals surface area (Å²) >= 11 is 0. The van der Waals surface area contributed by atoms with Crippen molar-refractivity contribution in [3.8, 4) is 11.8 Å². The molecule has 1 N–H and O–H groups in total. The number of nitrogens with one attached hydrogen (secondary N) is 1. The van der Waals surface area contributed by atoms with Gasteiger partial charge in [-0.05, 0) is 86.1 Å². The Bertz CT molecular complexity index is 1570. The summed E-state index contributed by atoms with van der Waals surface area (Å²) in [7, 11) is 0. The molecule has 1 aliphatic rings. The van der Waals surface area contributed by atoms with E-state index in [0.29, 0.717) is 24.2 Å². The van der Waals surface area contributed by atoms with Gasteiger partial charge in [-0.15, -0.1) is 0 Å². The number of hydrogen-bond acceptors (Lipinski definition) is 6. The van der Waals surface area contributed by atoms with Crippen molar-refractivity contribution in [2.75, 3.05) is 5.32 Å². The summed E-state index contributed by atoms with van der Waals surface area (Å²) < 4.78 is 10.9. The van der Waals surface area contributed by atoms with Gasteiger partial charge in [0.15, 0.2) is 0 Å². The van der Waals surface area contributed by atoms with Gasteiger partial charge < -0.3 is 19.2 Å². The van der Waals surface area contributed by atoms with Crippen molar-refractivity contribution in [1.82, 2.24) is 5.16 Å².